The van der Waals surface area contributed by atoms with Crippen LogP contribution in [0.3, 0.4) is 0 Å². The number of hydrogen-bond acceptors (Lipinski definition) is 2. The van der Waals surface area contributed by atoms with Gasteiger partial charge in [-0.1, -0.05) is 34.9 Å². The van der Waals surface area contributed by atoms with Crippen molar-refractivity contribution >= 4 is 29.1 Å². The SMILES string of the molecule is O=C(NCCC1=CCNCC1)c1ccc(Cl)cc1Cl. The average molecular weight is 299 g/mol. The summed E-state index contributed by atoms with van der Waals surface area (Å²) < 4.78 is 0. The van der Waals surface area contributed by atoms with E-state index in [0.717, 1.165) is 25.9 Å². The quantitative estimate of drug-likeness (QED) is 0.839. The molecule has 1 amide bonds. The third kappa shape index (κ3) is 4.23. The van der Waals surface area contributed by atoms with Crippen molar-refractivity contribution in [1.82, 2.24) is 10.6 Å². The second-order valence-corrected chi connectivity index (χ2v) is 5.29. The maximum absolute atomic E-state index is 11.9. The van der Waals surface area contributed by atoms with E-state index in [1.165, 1.54) is 5.57 Å². The van der Waals surface area contributed by atoms with Crippen molar-refractivity contribution < 1.29 is 4.79 Å². The van der Waals surface area contributed by atoms with Crippen LogP contribution in [0.1, 0.15) is 23.2 Å². The molecule has 0 atom stereocenters. The van der Waals surface area contributed by atoms with Crippen LogP contribution in [0.5, 0.6) is 0 Å². The van der Waals surface area contributed by atoms with Crippen LogP contribution in [-0.2, 0) is 0 Å². The summed E-state index contributed by atoms with van der Waals surface area (Å²) in [5.74, 6) is -0.156. The zero-order chi connectivity index (χ0) is 13.7. The molecular weight excluding hydrogens is 283 g/mol. The molecule has 1 aliphatic rings. The molecular formula is C14H16Cl2N2O. The predicted molar refractivity (Wildman–Crippen MR) is 79.0 cm³/mol. The Bertz CT molecular complexity index is 500. The summed E-state index contributed by atoms with van der Waals surface area (Å²) in [4.78, 5) is 11.9. The summed E-state index contributed by atoms with van der Waals surface area (Å²) in [6.45, 7) is 2.57. The highest BCUT2D eigenvalue weighted by atomic mass is 35.5. The first-order valence-electron chi connectivity index (χ1n) is 6.28. The monoisotopic (exact) mass is 298 g/mol. The Morgan fingerprint density at radius 1 is 1.37 bits per heavy atom. The van der Waals surface area contributed by atoms with E-state index in [9.17, 15) is 4.79 Å². The van der Waals surface area contributed by atoms with Crippen molar-refractivity contribution in [3.8, 4) is 0 Å². The largest absolute Gasteiger partial charge is 0.352 e. The van der Waals surface area contributed by atoms with Crippen molar-refractivity contribution in [3.63, 3.8) is 0 Å². The third-order valence-corrected chi connectivity index (χ3v) is 3.61. The molecule has 1 aromatic rings. The van der Waals surface area contributed by atoms with Crippen LogP contribution in [0.2, 0.25) is 10.0 Å². The molecule has 1 aromatic carbocycles. The molecule has 1 heterocycles. The summed E-state index contributed by atoms with van der Waals surface area (Å²) in [6.07, 6.45) is 4.13. The maximum Gasteiger partial charge on any atom is 0.252 e. The summed E-state index contributed by atoms with van der Waals surface area (Å²) in [5, 5.41) is 7.05. The smallest absolute Gasteiger partial charge is 0.252 e. The zero-order valence-electron chi connectivity index (χ0n) is 10.5. The van der Waals surface area contributed by atoms with Gasteiger partial charge in [0.1, 0.15) is 0 Å². The lowest BCUT2D eigenvalue weighted by molar-refractivity contribution is 0.0954. The third-order valence-electron chi connectivity index (χ3n) is 3.07. The van der Waals surface area contributed by atoms with Crippen LogP contribution in [0.25, 0.3) is 0 Å². The molecule has 2 N–H and O–H groups in total. The molecule has 2 rings (SSSR count). The first kappa shape index (κ1) is 14.4. The van der Waals surface area contributed by atoms with Crippen molar-refractivity contribution in [2.45, 2.75) is 12.8 Å². The fourth-order valence-electron chi connectivity index (χ4n) is 2.00. The van der Waals surface area contributed by atoms with E-state index < -0.39 is 0 Å². The first-order valence-corrected chi connectivity index (χ1v) is 7.04. The molecule has 0 unspecified atom stereocenters. The topological polar surface area (TPSA) is 41.1 Å². The van der Waals surface area contributed by atoms with E-state index in [-0.39, 0.29) is 5.91 Å². The minimum atomic E-state index is -0.156. The molecule has 0 spiro atoms. The normalized spacial score (nSPS) is 14.9. The second kappa shape index (κ2) is 6.94. The van der Waals surface area contributed by atoms with E-state index in [2.05, 4.69) is 16.7 Å². The van der Waals surface area contributed by atoms with Gasteiger partial charge in [0.2, 0.25) is 0 Å². The summed E-state index contributed by atoms with van der Waals surface area (Å²) in [7, 11) is 0. The molecule has 5 heteroatoms. The summed E-state index contributed by atoms with van der Waals surface area (Å²) in [6, 6.07) is 4.88. The predicted octanol–water partition coefficient (Wildman–Crippen LogP) is 3.03. The van der Waals surface area contributed by atoms with Crippen LogP contribution in [0, 0.1) is 0 Å². The number of hydrogen-bond donors (Lipinski definition) is 2. The van der Waals surface area contributed by atoms with Crippen LogP contribution in [0.15, 0.2) is 29.8 Å². The highest BCUT2D eigenvalue weighted by Gasteiger charge is 2.10. The van der Waals surface area contributed by atoms with Gasteiger partial charge in [0, 0.05) is 18.1 Å². The molecule has 19 heavy (non-hydrogen) atoms. The molecule has 0 fully saturated rings. The van der Waals surface area contributed by atoms with Crippen molar-refractivity contribution in [3.05, 3.63) is 45.5 Å². The van der Waals surface area contributed by atoms with Gasteiger partial charge in [0.25, 0.3) is 5.91 Å². The number of halogens is 2. The Morgan fingerprint density at radius 2 is 2.21 bits per heavy atom. The van der Waals surface area contributed by atoms with Gasteiger partial charge in [-0.05, 0) is 37.6 Å². The Balaban J connectivity index is 1.85. The van der Waals surface area contributed by atoms with Gasteiger partial charge in [0.15, 0.2) is 0 Å². The number of amides is 1. The summed E-state index contributed by atoms with van der Waals surface area (Å²) >= 11 is 11.8. The van der Waals surface area contributed by atoms with Crippen molar-refractivity contribution in [1.29, 1.82) is 0 Å². The van der Waals surface area contributed by atoms with Gasteiger partial charge in [-0.2, -0.15) is 0 Å². The molecule has 0 saturated carbocycles. The van der Waals surface area contributed by atoms with Gasteiger partial charge in [-0.15, -0.1) is 0 Å². The lowest BCUT2D eigenvalue weighted by atomic mass is 10.1. The van der Waals surface area contributed by atoms with E-state index in [0.29, 0.717) is 22.2 Å². The number of nitrogens with one attached hydrogen (secondary N) is 2. The highest BCUT2D eigenvalue weighted by Crippen LogP contribution is 2.20. The lowest BCUT2D eigenvalue weighted by Crippen LogP contribution is -2.26. The molecule has 102 valence electrons. The number of benzene rings is 1. The minimum absolute atomic E-state index is 0.156. The molecule has 0 aromatic heterocycles. The molecule has 0 saturated heterocycles. The first-order chi connectivity index (χ1) is 9.16. The van der Waals surface area contributed by atoms with Crippen LogP contribution >= 0.6 is 23.2 Å². The highest BCUT2D eigenvalue weighted by molar-refractivity contribution is 6.36. The average Bonchev–Trinajstić information content (AvgIpc) is 2.39. The zero-order valence-corrected chi connectivity index (χ0v) is 12.0. The molecule has 0 bridgehead atoms. The lowest BCUT2D eigenvalue weighted by Gasteiger charge is -2.14. The minimum Gasteiger partial charge on any atom is -0.352 e. The van der Waals surface area contributed by atoms with E-state index >= 15 is 0 Å². The second-order valence-electron chi connectivity index (χ2n) is 4.45. The fourth-order valence-corrected chi connectivity index (χ4v) is 2.50. The van der Waals surface area contributed by atoms with Gasteiger partial charge < -0.3 is 10.6 Å². The Kier molecular flexibility index (Phi) is 5.25. The Labute approximate surface area is 123 Å². The van der Waals surface area contributed by atoms with Gasteiger partial charge in [-0.3, -0.25) is 4.79 Å². The van der Waals surface area contributed by atoms with Gasteiger partial charge in [-0.25, -0.2) is 0 Å². The van der Waals surface area contributed by atoms with Crippen LogP contribution in [-0.4, -0.2) is 25.5 Å². The van der Waals surface area contributed by atoms with Crippen LogP contribution < -0.4 is 10.6 Å². The standard InChI is InChI=1S/C14H16Cl2N2O/c15-11-1-2-12(13(16)9-11)14(19)18-8-5-10-3-6-17-7-4-10/h1-3,9,17H,4-8H2,(H,18,19). The summed E-state index contributed by atoms with van der Waals surface area (Å²) in [5.41, 5.74) is 1.85. The van der Waals surface area contributed by atoms with Crippen LogP contribution in [0.4, 0.5) is 0 Å². The van der Waals surface area contributed by atoms with Crippen molar-refractivity contribution in [2.75, 3.05) is 19.6 Å². The fraction of sp³-hybridized carbons (Fsp3) is 0.357. The van der Waals surface area contributed by atoms with Gasteiger partial charge >= 0.3 is 0 Å². The number of rotatable bonds is 4. The maximum atomic E-state index is 11.9. The molecule has 0 radical (unpaired) electrons. The Morgan fingerprint density at radius 3 is 2.89 bits per heavy atom. The van der Waals surface area contributed by atoms with E-state index in [1.54, 1.807) is 18.2 Å². The number of carbonyl (C=O) groups excluding carboxylic acids is 1. The van der Waals surface area contributed by atoms with Gasteiger partial charge in [0.05, 0.1) is 10.6 Å². The van der Waals surface area contributed by atoms with E-state index in [4.69, 9.17) is 23.2 Å². The molecule has 3 nitrogen and oxygen atoms in total. The number of carbonyl (C=O) groups is 1. The molecule has 0 aliphatic carbocycles. The molecule has 1 aliphatic heterocycles. The Hall–Kier alpha value is -1.03. The van der Waals surface area contributed by atoms with Crippen molar-refractivity contribution in [2.24, 2.45) is 0 Å². The van der Waals surface area contributed by atoms with E-state index in [1.807, 2.05) is 0 Å².